The summed E-state index contributed by atoms with van der Waals surface area (Å²) in [5.41, 5.74) is 6.01. The fourth-order valence-electron chi connectivity index (χ4n) is 1.72. The molecular weight excluding hydrogens is 222 g/mol. The molecule has 0 fully saturated rings. The number of fused-ring (bicyclic) bond motifs is 3. The maximum absolute atomic E-state index is 11.5. The van der Waals surface area contributed by atoms with E-state index in [1.54, 1.807) is 18.2 Å². The van der Waals surface area contributed by atoms with Crippen LogP contribution in [-0.2, 0) is 0 Å². The highest BCUT2D eigenvalue weighted by atomic mass is 16.2. The molecule has 2 aromatic heterocycles. The van der Waals surface area contributed by atoms with Crippen LogP contribution < -0.4 is 17.0 Å². The number of hydrogen-bond acceptors (Lipinski definition) is 5. The molecular formula is C10H7N5O2. The molecule has 2 heterocycles. The standard InChI is InChI=1S/C10H7N5O2/c11-4-1-2-5-6(3-4)14-15-8-7(5)12-10(17)13-9(8)16/h1-3H,11H2,(H2,12,13,16,17). The van der Waals surface area contributed by atoms with E-state index in [0.717, 1.165) is 0 Å². The Hall–Kier alpha value is -2.70. The number of anilines is 1. The summed E-state index contributed by atoms with van der Waals surface area (Å²) in [6, 6.07) is 4.99. The lowest BCUT2D eigenvalue weighted by Crippen LogP contribution is -2.23. The second-order valence-electron chi connectivity index (χ2n) is 3.61. The van der Waals surface area contributed by atoms with Crippen molar-refractivity contribution in [2.75, 3.05) is 5.73 Å². The first kappa shape index (κ1) is 9.52. The number of nitrogens with one attached hydrogen (secondary N) is 2. The van der Waals surface area contributed by atoms with E-state index in [1.807, 2.05) is 0 Å². The molecule has 4 N–H and O–H groups in total. The van der Waals surface area contributed by atoms with E-state index in [0.29, 0.717) is 22.1 Å². The van der Waals surface area contributed by atoms with Gasteiger partial charge in [-0.1, -0.05) is 0 Å². The van der Waals surface area contributed by atoms with Crippen molar-refractivity contribution in [3.63, 3.8) is 0 Å². The maximum atomic E-state index is 11.5. The number of rotatable bonds is 0. The lowest BCUT2D eigenvalue weighted by molar-refractivity contribution is 1.03. The van der Waals surface area contributed by atoms with Crippen molar-refractivity contribution in [3.8, 4) is 0 Å². The van der Waals surface area contributed by atoms with Crippen molar-refractivity contribution in [1.82, 2.24) is 20.2 Å². The Morgan fingerprint density at radius 3 is 2.76 bits per heavy atom. The van der Waals surface area contributed by atoms with Crippen molar-refractivity contribution in [2.24, 2.45) is 0 Å². The minimum atomic E-state index is -0.575. The first-order valence-electron chi connectivity index (χ1n) is 4.83. The Kier molecular flexibility index (Phi) is 1.76. The van der Waals surface area contributed by atoms with Gasteiger partial charge in [0, 0.05) is 11.1 Å². The molecule has 1 aromatic carbocycles. The van der Waals surface area contributed by atoms with Crippen molar-refractivity contribution in [2.45, 2.75) is 0 Å². The summed E-state index contributed by atoms with van der Waals surface area (Å²) in [7, 11) is 0. The van der Waals surface area contributed by atoms with Crippen molar-refractivity contribution in [1.29, 1.82) is 0 Å². The van der Waals surface area contributed by atoms with Crippen molar-refractivity contribution in [3.05, 3.63) is 39.0 Å². The van der Waals surface area contributed by atoms with Crippen LogP contribution in [0.5, 0.6) is 0 Å². The summed E-state index contributed by atoms with van der Waals surface area (Å²) in [6.45, 7) is 0. The van der Waals surface area contributed by atoms with Gasteiger partial charge in [0.05, 0.1) is 11.0 Å². The molecule has 3 aromatic rings. The molecule has 0 saturated heterocycles. The second kappa shape index (κ2) is 3.14. The smallest absolute Gasteiger partial charge is 0.326 e. The van der Waals surface area contributed by atoms with Gasteiger partial charge in [0.2, 0.25) is 0 Å². The average molecular weight is 229 g/mol. The van der Waals surface area contributed by atoms with Gasteiger partial charge < -0.3 is 10.7 Å². The van der Waals surface area contributed by atoms with Crippen LogP contribution in [0.3, 0.4) is 0 Å². The fourth-order valence-corrected chi connectivity index (χ4v) is 1.72. The lowest BCUT2D eigenvalue weighted by Gasteiger charge is -2.01. The zero-order valence-corrected chi connectivity index (χ0v) is 8.52. The van der Waals surface area contributed by atoms with Gasteiger partial charge in [0.25, 0.3) is 5.56 Å². The Morgan fingerprint density at radius 1 is 1.12 bits per heavy atom. The maximum Gasteiger partial charge on any atom is 0.326 e. The number of benzene rings is 1. The predicted molar refractivity (Wildman–Crippen MR) is 62.7 cm³/mol. The van der Waals surface area contributed by atoms with E-state index in [2.05, 4.69) is 20.2 Å². The van der Waals surface area contributed by atoms with Gasteiger partial charge in [-0.15, -0.1) is 10.2 Å². The van der Waals surface area contributed by atoms with Gasteiger partial charge in [-0.05, 0) is 18.2 Å². The summed E-state index contributed by atoms with van der Waals surface area (Å²) >= 11 is 0. The quantitative estimate of drug-likeness (QED) is 0.362. The topological polar surface area (TPSA) is 118 Å². The van der Waals surface area contributed by atoms with E-state index in [4.69, 9.17) is 5.73 Å². The van der Waals surface area contributed by atoms with Gasteiger partial charge in [-0.3, -0.25) is 9.78 Å². The summed E-state index contributed by atoms with van der Waals surface area (Å²) in [6.07, 6.45) is 0. The van der Waals surface area contributed by atoms with Gasteiger partial charge in [0.15, 0.2) is 5.52 Å². The normalized spacial score (nSPS) is 11.1. The Morgan fingerprint density at radius 2 is 1.94 bits per heavy atom. The predicted octanol–water partition coefficient (Wildman–Crippen LogP) is -0.258. The molecule has 17 heavy (non-hydrogen) atoms. The highest BCUT2D eigenvalue weighted by molar-refractivity contribution is 6.01. The van der Waals surface area contributed by atoms with Crippen LogP contribution >= 0.6 is 0 Å². The summed E-state index contributed by atoms with van der Waals surface area (Å²) in [5, 5.41) is 8.29. The molecule has 0 aliphatic heterocycles. The van der Waals surface area contributed by atoms with Crippen LogP contribution in [0.2, 0.25) is 0 Å². The number of nitrogens with two attached hydrogens (primary N) is 1. The summed E-state index contributed by atoms with van der Waals surface area (Å²) < 4.78 is 0. The average Bonchev–Trinajstić information content (AvgIpc) is 2.27. The van der Waals surface area contributed by atoms with Crippen LogP contribution in [0.25, 0.3) is 21.9 Å². The third kappa shape index (κ3) is 1.36. The molecule has 0 unspecified atom stereocenters. The molecule has 0 aliphatic rings. The monoisotopic (exact) mass is 229 g/mol. The summed E-state index contributed by atoms with van der Waals surface area (Å²) in [5.74, 6) is 0. The number of aromatic amines is 2. The molecule has 0 amide bonds. The van der Waals surface area contributed by atoms with Gasteiger partial charge in [-0.25, -0.2) is 4.79 Å². The van der Waals surface area contributed by atoms with E-state index < -0.39 is 11.2 Å². The van der Waals surface area contributed by atoms with Crippen molar-refractivity contribution < 1.29 is 0 Å². The molecule has 0 aliphatic carbocycles. The van der Waals surface area contributed by atoms with Gasteiger partial charge in [0.1, 0.15) is 0 Å². The summed E-state index contributed by atoms with van der Waals surface area (Å²) in [4.78, 5) is 27.4. The first-order valence-corrected chi connectivity index (χ1v) is 4.83. The third-order valence-electron chi connectivity index (χ3n) is 2.47. The third-order valence-corrected chi connectivity index (χ3v) is 2.47. The molecule has 84 valence electrons. The number of nitrogens with zero attached hydrogens (tertiary/aromatic N) is 2. The van der Waals surface area contributed by atoms with Crippen molar-refractivity contribution >= 4 is 27.6 Å². The number of aromatic nitrogens is 4. The van der Waals surface area contributed by atoms with Gasteiger partial charge >= 0.3 is 5.69 Å². The van der Waals surface area contributed by atoms with E-state index in [-0.39, 0.29) is 5.52 Å². The minimum absolute atomic E-state index is 0.0990. The van der Waals surface area contributed by atoms with E-state index >= 15 is 0 Å². The molecule has 7 nitrogen and oxygen atoms in total. The molecule has 0 radical (unpaired) electrons. The zero-order chi connectivity index (χ0) is 12.0. The first-order chi connectivity index (χ1) is 8.15. The van der Waals surface area contributed by atoms with Gasteiger partial charge in [-0.2, -0.15) is 0 Å². The number of H-pyrrole nitrogens is 2. The molecule has 0 spiro atoms. The Balaban J connectivity index is 2.64. The molecule has 3 rings (SSSR count). The highest BCUT2D eigenvalue weighted by Crippen LogP contribution is 2.19. The number of nitrogen functional groups attached to an aromatic ring is 1. The van der Waals surface area contributed by atoms with E-state index in [9.17, 15) is 9.59 Å². The van der Waals surface area contributed by atoms with Crippen LogP contribution in [0.4, 0.5) is 5.69 Å². The van der Waals surface area contributed by atoms with E-state index in [1.165, 1.54) is 0 Å². The minimum Gasteiger partial charge on any atom is -0.399 e. The second-order valence-corrected chi connectivity index (χ2v) is 3.61. The van der Waals surface area contributed by atoms with Crippen LogP contribution in [0.1, 0.15) is 0 Å². The van der Waals surface area contributed by atoms with Crippen LogP contribution in [0.15, 0.2) is 27.8 Å². The largest absolute Gasteiger partial charge is 0.399 e. The van der Waals surface area contributed by atoms with Crippen LogP contribution in [0, 0.1) is 0 Å². The fraction of sp³-hybridized carbons (Fsp3) is 0. The number of hydrogen-bond donors (Lipinski definition) is 3. The molecule has 0 bridgehead atoms. The SMILES string of the molecule is Nc1ccc2c(c1)nnc1c(=O)[nH]c(=O)[nH]c12. The Bertz CT molecular complexity index is 849. The zero-order valence-electron chi connectivity index (χ0n) is 8.52. The highest BCUT2D eigenvalue weighted by Gasteiger charge is 2.07. The van der Waals surface area contributed by atoms with Crippen LogP contribution in [-0.4, -0.2) is 20.2 Å². The molecule has 0 atom stereocenters. The molecule has 7 heteroatoms. The Labute approximate surface area is 93.3 Å². The lowest BCUT2D eigenvalue weighted by atomic mass is 10.2. The molecule has 0 saturated carbocycles.